The molecule has 1 aromatic heterocycles. The first-order valence-electron chi connectivity index (χ1n) is 12.2. The molecule has 0 unspecified atom stereocenters. The molecule has 1 N–H and O–H groups in total. The minimum atomic E-state index is -0.759. The van der Waals surface area contributed by atoms with Crippen LogP contribution in [0.5, 0.6) is 11.5 Å². The zero-order chi connectivity index (χ0) is 27.6. The third-order valence-corrected chi connectivity index (χ3v) is 6.35. The second-order valence-corrected chi connectivity index (χ2v) is 9.69. The SMILES string of the molecule is C=CC(OCc1c(-c2ccc(OC(=O)c3ccco3)cc2OC)ccc2c1N(C)C(=O)C(C)(C)N2)=C(C)C. The number of esters is 1. The summed E-state index contributed by atoms with van der Waals surface area (Å²) in [6, 6.07) is 12.2. The zero-order valence-corrected chi connectivity index (χ0v) is 22.5. The Hall–Kier alpha value is -4.46. The molecule has 1 aliphatic heterocycles. The highest BCUT2D eigenvalue weighted by atomic mass is 16.5. The molecule has 0 saturated heterocycles. The Balaban J connectivity index is 1.81. The molecule has 0 atom stereocenters. The van der Waals surface area contributed by atoms with Gasteiger partial charge in [0.1, 0.15) is 29.4 Å². The Morgan fingerprint density at radius 1 is 1.16 bits per heavy atom. The summed E-state index contributed by atoms with van der Waals surface area (Å²) in [6.45, 7) is 11.6. The quantitative estimate of drug-likeness (QED) is 0.162. The standard InChI is InChI=1S/C30H32N2O6/c1-8-24(18(2)3)37-17-22-20(13-14-23-27(22)32(6)29(34)30(4,5)31-23)21-12-11-19(16-26(21)35-7)38-28(33)25-10-9-15-36-25/h8-16,31H,1,17H2,2-7H3. The van der Waals surface area contributed by atoms with Gasteiger partial charge in [-0.05, 0) is 75.2 Å². The number of likely N-dealkylation sites (N-methyl/N-ethyl adjacent to an activating group) is 1. The second kappa shape index (κ2) is 10.5. The van der Waals surface area contributed by atoms with E-state index in [9.17, 15) is 9.59 Å². The number of allylic oxidation sites excluding steroid dienone is 2. The van der Waals surface area contributed by atoms with Crippen LogP contribution in [-0.4, -0.2) is 31.6 Å². The molecule has 1 aliphatic rings. The topological polar surface area (TPSA) is 90.2 Å². The predicted molar refractivity (Wildman–Crippen MR) is 147 cm³/mol. The van der Waals surface area contributed by atoms with Gasteiger partial charge in [0.25, 0.3) is 5.91 Å². The molecule has 3 aromatic rings. The fraction of sp³-hybridized carbons (Fsp3) is 0.267. The lowest BCUT2D eigenvalue weighted by Crippen LogP contribution is -2.52. The fourth-order valence-electron chi connectivity index (χ4n) is 4.50. The molecule has 0 saturated carbocycles. The van der Waals surface area contributed by atoms with Gasteiger partial charge in [-0.25, -0.2) is 4.79 Å². The highest BCUT2D eigenvalue weighted by Gasteiger charge is 2.38. The summed E-state index contributed by atoms with van der Waals surface area (Å²) in [4.78, 5) is 27.2. The van der Waals surface area contributed by atoms with E-state index in [2.05, 4.69) is 11.9 Å². The van der Waals surface area contributed by atoms with E-state index in [-0.39, 0.29) is 18.3 Å². The average Bonchev–Trinajstić information content (AvgIpc) is 3.43. The first-order chi connectivity index (χ1) is 18.1. The number of ether oxygens (including phenoxy) is 3. The molecule has 1 amide bonds. The summed E-state index contributed by atoms with van der Waals surface area (Å²) in [5, 5.41) is 3.36. The number of carbonyl (C=O) groups excluding carboxylic acids is 2. The number of anilines is 2. The van der Waals surface area contributed by atoms with E-state index >= 15 is 0 Å². The van der Waals surface area contributed by atoms with Crippen molar-refractivity contribution in [2.24, 2.45) is 0 Å². The number of nitrogens with one attached hydrogen (secondary N) is 1. The Morgan fingerprint density at radius 3 is 2.53 bits per heavy atom. The van der Waals surface area contributed by atoms with Gasteiger partial charge in [-0.15, -0.1) is 0 Å². The van der Waals surface area contributed by atoms with Gasteiger partial charge in [0.05, 0.1) is 24.7 Å². The third-order valence-electron chi connectivity index (χ3n) is 6.35. The van der Waals surface area contributed by atoms with Gasteiger partial charge in [-0.3, -0.25) is 4.79 Å². The summed E-state index contributed by atoms with van der Waals surface area (Å²) in [5.74, 6) is 0.875. The zero-order valence-electron chi connectivity index (χ0n) is 22.5. The number of fused-ring (bicyclic) bond motifs is 1. The first-order valence-corrected chi connectivity index (χ1v) is 12.2. The Kier molecular flexibility index (Phi) is 7.35. The maximum atomic E-state index is 13.2. The lowest BCUT2D eigenvalue weighted by Gasteiger charge is -2.39. The van der Waals surface area contributed by atoms with Crippen molar-refractivity contribution >= 4 is 23.3 Å². The van der Waals surface area contributed by atoms with Crippen LogP contribution in [0.25, 0.3) is 11.1 Å². The molecule has 0 radical (unpaired) electrons. The van der Waals surface area contributed by atoms with Crippen LogP contribution >= 0.6 is 0 Å². The van der Waals surface area contributed by atoms with Crippen molar-refractivity contribution in [3.8, 4) is 22.6 Å². The molecule has 2 aromatic carbocycles. The number of amides is 1. The van der Waals surface area contributed by atoms with Crippen LogP contribution in [0.4, 0.5) is 11.4 Å². The van der Waals surface area contributed by atoms with Gasteiger partial charge < -0.3 is 28.8 Å². The molecule has 4 rings (SSSR count). The predicted octanol–water partition coefficient (Wildman–Crippen LogP) is 6.34. The third kappa shape index (κ3) is 5.02. The largest absolute Gasteiger partial charge is 0.496 e. The van der Waals surface area contributed by atoms with E-state index in [1.165, 1.54) is 12.3 Å². The van der Waals surface area contributed by atoms with E-state index in [4.69, 9.17) is 18.6 Å². The van der Waals surface area contributed by atoms with Crippen molar-refractivity contribution in [1.29, 1.82) is 0 Å². The molecule has 0 bridgehead atoms. The maximum absolute atomic E-state index is 13.2. The van der Waals surface area contributed by atoms with E-state index in [1.807, 2.05) is 45.9 Å². The maximum Gasteiger partial charge on any atom is 0.379 e. The van der Waals surface area contributed by atoms with Crippen LogP contribution in [0.1, 0.15) is 43.8 Å². The van der Waals surface area contributed by atoms with Crippen molar-refractivity contribution in [1.82, 2.24) is 0 Å². The number of rotatable bonds is 8. The molecule has 0 spiro atoms. The Morgan fingerprint density at radius 2 is 1.89 bits per heavy atom. The van der Waals surface area contributed by atoms with Gasteiger partial charge in [-0.2, -0.15) is 0 Å². The van der Waals surface area contributed by atoms with E-state index in [0.29, 0.717) is 17.3 Å². The minimum Gasteiger partial charge on any atom is -0.496 e. The molecule has 0 fully saturated rings. The van der Waals surface area contributed by atoms with Crippen molar-refractivity contribution in [3.05, 3.63) is 84.0 Å². The van der Waals surface area contributed by atoms with Gasteiger partial charge in [0.2, 0.25) is 5.76 Å². The normalized spacial score (nSPS) is 13.7. The second-order valence-electron chi connectivity index (χ2n) is 9.69. The van der Waals surface area contributed by atoms with Crippen LogP contribution < -0.4 is 19.7 Å². The summed E-state index contributed by atoms with van der Waals surface area (Å²) in [6.07, 6.45) is 3.08. The van der Waals surface area contributed by atoms with Crippen molar-refractivity contribution in [2.45, 2.75) is 39.8 Å². The van der Waals surface area contributed by atoms with Crippen molar-refractivity contribution in [2.75, 3.05) is 24.4 Å². The highest BCUT2D eigenvalue weighted by Crippen LogP contribution is 2.45. The van der Waals surface area contributed by atoms with Crippen LogP contribution in [0, 0.1) is 0 Å². The highest BCUT2D eigenvalue weighted by molar-refractivity contribution is 6.08. The Labute approximate surface area is 222 Å². The van der Waals surface area contributed by atoms with Crippen LogP contribution in [0.3, 0.4) is 0 Å². The van der Waals surface area contributed by atoms with Crippen LogP contribution in [-0.2, 0) is 16.1 Å². The molecular formula is C30H32N2O6. The first kappa shape index (κ1) is 26.6. The monoisotopic (exact) mass is 516 g/mol. The lowest BCUT2D eigenvalue weighted by atomic mass is 9.91. The summed E-state index contributed by atoms with van der Waals surface area (Å²) in [7, 11) is 3.31. The minimum absolute atomic E-state index is 0.0679. The van der Waals surface area contributed by atoms with Gasteiger partial charge in [0, 0.05) is 24.2 Å². The molecule has 2 heterocycles. The van der Waals surface area contributed by atoms with Crippen molar-refractivity contribution in [3.63, 3.8) is 0 Å². The van der Waals surface area contributed by atoms with Gasteiger partial charge >= 0.3 is 5.97 Å². The van der Waals surface area contributed by atoms with Crippen molar-refractivity contribution < 1.29 is 28.2 Å². The molecule has 38 heavy (non-hydrogen) atoms. The summed E-state index contributed by atoms with van der Waals surface area (Å²) in [5.41, 5.74) is 4.11. The molecular weight excluding hydrogens is 484 g/mol. The number of carbonyl (C=O) groups is 2. The Bertz CT molecular complexity index is 1410. The fourth-order valence-corrected chi connectivity index (χ4v) is 4.50. The number of benzene rings is 2. The molecule has 8 heteroatoms. The van der Waals surface area contributed by atoms with Gasteiger partial charge in [0.15, 0.2) is 0 Å². The van der Waals surface area contributed by atoms with Crippen LogP contribution in [0.15, 0.2) is 77.1 Å². The number of hydrogen-bond donors (Lipinski definition) is 1. The molecule has 0 aliphatic carbocycles. The van der Waals surface area contributed by atoms with E-state index in [0.717, 1.165) is 33.6 Å². The lowest BCUT2D eigenvalue weighted by molar-refractivity contribution is -0.121. The van der Waals surface area contributed by atoms with Crippen LogP contribution in [0.2, 0.25) is 0 Å². The summed E-state index contributed by atoms with van der Waals surface area (Å²) < 4.78 is 22.5. The van der Waals surface area contributed by atoms with E-state index in [1.54, 1.807) is 43.3 Å². The number of methoxy groups -OCH3 is 1. The average molecular weight is 517 g/mol. The number of hydrogen-bond acceptors (Lipinski definition) is 7. The number of nitrogens with zero attached hydrogens (tertiary/aromatic N) is 1. The van der Waals surface area contributed by atoms with E-state index < -0.39 is 11.5 Å². The smallest absolute Gasteiger partial charge is 0.379 e. The molecule has 198 valence electrons. The molecule has 8 nitrogen and oxygen atoms in total. The number of furan rings is 1. The van der Waals surface area contributed by atoms with Gasteiger partial charge in [-0.1, -0.05) is 12.6 Å². The summed E-state index contributed by atoms with van der Waals surface area (Å²) >= 11 is 0.